The molecule has 0 spiro atoms. The van der Waals surface area contributed by atoms with E-state index in [1.165, 1.54) is 53.9 Å². The highest BCUT2D eigenvalue weighted by Gasteiger charge is 2.46. The second-order valence-corrected chi connectivity index (χ2v) is 20.2. The third kappa shape index (κ3) is 6.80. The molecule has 0 unspecified atom stereocenters. The van der Waals surface area contributed by atoms with Gasteiger partial charge in [0.1, 0.15) is 11.5 Å². The molecule has 4 heterocycles. The summed E-state index contributed by atoms with van der Waals surface area (Å²) in [4.78, 5) is 9.77. The van der Waals surface area contributed by atoms with E-state index in [4.69, 9.17) is 4.74 Å². The van der Waals surface area contributed by atoms with Crippen LogP contribution in [0.3, 0.4) is 0 Å². The van der Waals surface area contributed by atoms with Gasteiger partial charge in [0.15, 0.2) is 0 Å². The monoisotopic (exact) mass is 933 g/mol. The predicted molar refractivity (Wildman–Crippen MR) is 301 cm³/mol. The summed E-state index contributed by atoms with van der Waals surface area (Å²) in [6.07, 6.45) is 8.39. The number of para-hydroxylation sites is 4. The van der Waals surface area contributed by atoms with Crippen LogP contribution >= 0.6 is 23.2 Å². The van der Waals surface area contributed by atoms with E-state index in [2.05, 4.69) is 254 Å². The summed E-state index contributed by atoms with van der Waals surface area (Å²) in [6, 6.07) is 72.6. The van der Waals surface area contributed by atoms with E-state index in [1.54, 1.807) is 0 Å². The molecule has 0 saturated heterocycles. The number of hydrogen-bond acceptors (Lipinski definition) is 6. The van der Waals surface area contributed by atoms with Crippen LogP contribution in [0.25, 0.3) is 22.3 Å². The number of nitrogens with zero attached hydrogens (tertiary/aromatic N) is 3. The van der Waals surface area contributed by atoms with Crippen molar-refractivity contribution in [3.8, 4) is 33.8 Å². The summed E-state index contributed by atoms with van der Waals surface area (Å²) in [7, 11) is 0. The van der Waals surface area contributed by atoms with Gasteiger partial charge in [-0.05, 0) is 149 Å². The maximum absolute atomic E-state index is 7.54. The van der Waals surface area contributed by atoms with Crippen LogP contribution in [0.4, 0.5) is 45.5 Å². The maximum Gasteiger partial charge on any atom is 0.289 e. The number of ether oxygens (including phenoxy) is 1. The Balaban J connectivity index is 1.07. The molecule has 9 aromatic rings. The van der Waals surface area contributed by atoms with E-state index in [0.717, 1.165) is 68.3 Å². The molecule has 0 saturated carbocycles. The van der Waals surface area contributed by atoms with Gasteiger partial charge < -0.3 is 19.4 Å². The predicted octanol–water partition coefficient (Wildman–Crippen LogP) is 14.9. The maximum atomic E-state index is 7.54. The van der Waals surface area contributed by atoms with E-state index < -0.39 is 0 Å². The highest BCUT2D eigenvalue weighted by molar-refractivity contribution is 8.29. The summed E-state index contributed by atoms with van der Waals surface area (Å²) < 4.78 is 7.54. The van der Waals surface area contributed by atoms with Gasteiger partial charge in [0, 0.05) is 66.9 Å². The Morgan fingerprint density at radius 2 is 1.00 bits per heavy atom. The van der Waals surface area contributed by atoms with E-state index >= 15 is 0 Å². The molecule has 4 nitrogen and oxygen atoms in total. The van der Waals surface area contributed by atoms with Gasteiger partial charge >= 0.3 is 0 Å². The highest BCUT2D eigenvalue weighted by Crippen LogP contribution is 2.52. The zero-order valence-electron chi connectivity index (χ0n) is 38.8. The van der Waals surface area contributed by atoms with Gasteiger partial charge in [0.2, 0.25) is 0 Å². The quantitative estimate of drug-likeness (QED) is 0.105. The Kier molecular flexibility index (Phi) is 10.5. The highest BCUT2D eigenvalue weighted by atomic mass is 32.2. The van der Waals surface area contributed by atoms with Gasteiger partial charge in [-0.2, -0.15) is 23.2 Å². The summed E-state index contributed by atoms with van der Waals surface area (Å²) in [6.45, 7) is 8.63. The molecular formula is C62H45B2N3OS2. The van der Waals surface area contributed by atoms with Crippen LogP contribution in [0, 0.1) is 6.92 Å². The van der Waals surface area contributed by atoms with Crippen molar-refractivity contribution in [2.45, 2.75) is 23.6 Å². The molecule has 4 aliphatic heterocycles. The first-order valence-electron chi connectivity index (χ1n) is 23.9. The first-order chi connectivity index (χ1) is 34.6. The minimum absolute atomic E-state index is 0.00481. The Morgan fingerprint density at radius 1 is 0.529 bits per heavy atom. The second kappa shape index (κ2) is 17.3. The first kappa shape index (κ1) is 42.3. The minimum Gasteiger partial charge on any atom is -0.458 e. The van der Waals surface area contributed by atoms with Crippen LogP contribution in [-0.2, 0) is 0 Å². The normalized spacial score (nSPS) is 13.6. The van der Waals surface area contributed by atoms with Gasteiger partial charge in [-0.1, -0.05) is 134 Å². The number of allylic oxidation sites excluding steroid dienone is 4. The standard InChI is InChI=1S/C62H45B2N3OS2/c1-4-22-42(23-5-2)67-55-38-47(65(43-24-10-6-11-25-43)44-26-12-7-13-27-44)36-51-49-32-18-20-34-57(49)69-63(59(51)55)53-40-54-62(41(3)61(53)67)68-56-39-48(37-52-50-33-19-21-35-58(50)70-64(54)60(52)56)66(45-28-14-8-15-29-45)46-30-16-9-17-31-46/h4-40H,1H2,2-3H3/b23-5-,42-22+. The fraction of sp³-hybridized carbons (Fsp3) is 0.0323. The second-order valence-electron chi connectivity index (χ2n) is 18.0. The molecule has 0 amide bonds. The van der Waals surface area contributed by atoms with Gasteiger partial charge in [0.25, 0.3) is 12.0 Å². The molecule has 0 radical (unpaired) electrons. The molecular weight excluding hydrogens is 888 g/mol. The van der Waals surface area contributed by atoms with Crippen LogP contribution in [0.15, 0.2) is 247 Å². The van der Waals surface area contributed by atoms with E-state index in [9.17, 15) is 0 Å². The van der Waals surface area contributed by atoms with Crippen LogP contribution in [0.1, 0.15) is 12.5 Å². The van der Waals surface area contributed by atoms with Crippen LogP contribution in [0.2, 0.25) is 0 Å². The zero-order chi connectivity index (χ0) is 46.9. The number of hydrogen-bond donors (Lipinski definition) is 0. The van der Waals surface area contributed by atoms with Crippen LogP contribution in [-0.4, -0.2) is 12.0 Å². The van der Waals surface area contributed by atoms with Gasteiger partial charge in [0.05, 0.1) is 5.69 Å². The smallest absolute Gasteiger partial charge is 0.289 e. The van der Waals surface area contributed by atoms with Crippen molar-refractivity contribution in [3.05, 3.63) is 242 Å². The van der Waals surface area contributed by atoms with Gasteiger partial charge in [-0.25, -0.2) is 0 Å². The molecule has 0 fully saturated rings. The molecule has 0 N–H and O–H groups in total. The number of rotatable bonds is 9. The Hall–Kier alpha value is -7.77. The van der Waals surface area contributed by atoms with Crippen LogP contribution < -0.4 is 41.3 Å². The fourth-order valence-corrected chi connectivity index (χ4v) is 13.8. The largest absolute Gasteiger partial charge is 0.458 e. The summed E-state index contributed by atoms with van der Waals surface area (Å²) in [5.74, 6) is 1.81. The average molecular weight is 934 g/mol. The van der Waals surface area contributed by atoms with E-state index in [-0.39, 0.29) is 12.0 Å². The van der Waals surface area contributed by atoms with Crippen molar-refractivity contribution in [2.75, 3.05) is 14.7 Å². The van der Waals surface area contributed by atoms with Crippen LogP contribution in [0.5, 0.6) is 11.5 Å². The lowest BCUT2D eigenvalue weighted by atomic mass is 9.51. The Labute approximate surface area is 419 Å². The molecule has 0 bridgehead atoms. The topological polar surface area (TPSA) is 19.0 Å². The molecule has 70 heavy (non-hydrogen) atoms. The lowest BCUT2D eigenvalue weighted by molar-refractivity contribution is 0.484. The van der Waals surface area contributed by atoms with E-state index in [0.29, 0.717) is 0 Å². The number of benzene rings is 9. The van der Waals surface area contributed by atoms with Gasteiger partial charge in [-0.3, -0.25) is 0 Å². The lowest BCUT2D eigenvalue weighted by Crippen LogP contribution is -2.55. The Bertz CT molecular complexity index is 3520. The van der Waals surface area contributed by atoms with Crippen molar-refractivity contribution in [1.29, 1.82) is 0 Å². The summed E-state index contributed by atoms with van der Waals surface area (Å²) in [5.41, 5.74) is 20.8. The number of anilines is 8. The lowest BCUT2D eigenvalue weighted by Gasteiger charge is -2.43. The molecule has 332 valence electrons. The van der Waals surface area contributed by atoms with Gasteiger partial charge in [-0.15, -0.1) is 0 Å². The van der Waals surface area contributed by atoms with Crippen molar-refractivity contribution in [1.82, 2.24) is 0 Å². The summed E-state index contributed by atoms with van der Waals surface area (Å²) >= 11 is 3.91. The fourth-order valence-electron chi connectivity index (χ4n) is 11.0. The summed E-state index contributed by atoms with van der Waals surface area (Å²) in [5, 5.41) is 0. The molecule has 8 heteroatoms. The van der Waals surface area contributed by atoms with Crippen molar-refractivity contribution >= 4 is 103 Å². The third-order valence-corrected chi connectivity index (χ3v) is 16.6. The zero-order valence-corrected chi connectivity index (χ0v) is 40.4. The Morgan fingerprint density at radius 3 is 1.51 bits per heavy atom. The first-order valence-corrected chi connectivity index (χ1v) is 25.6. The van der Waals surface area contributed by atoms with Crippen molar-refractivity contribution in [3.63, 3.8) is 0 Å². The number of fused-ring (bicyclic) bond motifs is 8. The SMILES string of the molecule is C=C/C=C(\C=C/C)N1c2cc(N(c3ccccc3)c3ccccc3)cc3c2B(Sc2ccccc2-3)c2cc3c(c(C)c21)Oc1cc(N(c2ccccc2)c2ccccc2)cc2c1B3Sc1ccccc1-2. The average Bonchev–Trinajstić information content (AvgIpc) is 3.41. The molecule has 4 aliphatic rings. The molecule has 0 aliphatic carbocycles. The van der Waals surface area contributed by atoms with Crippen molar-refractivity contribution in [2.24, 2.45) is 0 Å². The molecule has 0 aromatic heterocycles. The van der Waals surface area contributed by atoms with E-state index in [1.807, 2.05) is 29.3 Å². The molecule has 13 rings (SSSR count). The minimum atomic E-state index is 0.00481. The third-order valence-electron chi connectivity index (χ3n) is 13.9. The molecule has 9 aromatic carbocycles. The molecule has 0 atom stereocenters. The van der Waals surface area contributed by atoms with Crippen molar-refractivity contribution < 1.29 is 4.74 Å².